The Morgan fingerprint density at radius 3 is 3.05 bits per heavy atom. The van der Waals surface area contributed by atoms with E-state index in [2.05, 4.69) is 37.7 Å². The maximum absolute atomic E-state index is 5.40. The Morgan fingerprint density at radius 1 is 1.38 bits per heavy atom. The van der Waals surface area contributed by atoms with Crippen molar-refractivity contribution in [1.29, 1.82) is 0 Å². The second kappa shape index (κ2) is 6.39. The van der Waals surface area contributed by atoms with Crippen molar-refractivity contribution in [3.63, 3.8) is 0 Å². The number of likely N-dealkylation sites (tertiary alicyclic amines) is 1. The standard InChI is InChI=1S/C15H23N5O/c1-3-8-19-10-7-16-14(19)11-20-9-5-4-6-13(20)15-17-12(2)18-21-15/h7,10,13H,3-6,8-9,11H2,1-2H3. The summed E-state index contributed by atoms with van der Waals surface area (Å²) in [7, 11) is 0. The minimum absolute atomic E-state index is 0.228. The molecule has 0 saturated carbocycles. The third-order valence-corrected chi connectivity index (χ3v) is 4.05. The van der Waals surface area contributed by atoms with Gasteiger partial charge < -0.3 is 9.09 Å². The van der Waals surface area contributed by atoms with Crippen LogP contribution in [0, 0.1) is 6.92 Å². The molecule has 0 N–H and O–H groups in total. The highest BCUT2D eigenvalue weighted by atomic mass is 16.5. The summed E-state index contributed by atoms with van der Waals surface area (Å²) in [6.07, 6.45) is 8.59. The highest BCUT2D eigenvalue weighted by Gasteiger charge is 2.29. The van der Waals surface area contributed by atoms with Crippen molar-refractivity contribution < 1.29 is 4.52 Å². The zero-order chi connectivity index (χ0) is 14.7. The van der Waals surface area contributed by atoms with Gasteiger partial charge >= 0.3 is 0 Å². The number of aryl methyl sites for hydroxylation is 2. The maximum Gasteiger partial charge on any atom is 0.243 e. The Labute approximate surface area is 125 Å². The van der Waals surface area contributed by atoms with Gasteiger partial charge in [0.2, 0.25) is 5.89 Å². The molecule has 3 rings (SSSR count). The predicted octanol–water partition coefficient (Wildman–Crippen LogP) is 2.71. The van der Waals surface area contributed by atoms with Gasteiger partial charge in [0.15, 0.2) is 5.82 Å². The number of rotatable bonds is 5. The number of hydrogen-bond donors (Lipinski definition) is 0. The van der Waals surface area contributed by atoms with Crippen molar-refractivity contribution in [1.82, 2.24) is 24.6 Å². The molecule has 6 nitrogen and oxygen atoms in total. The largest absolute Gasteiger partial charge is 0.338 e. The Bertz CT molecular complexity index is 576. The van der Waals surface area contributed by atoms with Gasteiger partial charge in [-0.1, -0.05) is 18.5 Å². The molecule has 1 saturated heterocycles. The van der Waals surface area contributed by atoms with Crippen LogP contribution in [0.3, 0.4) is 0 Å². The first kappa shape index (κ1) is 14.3. The molecule has 1 unspecified atom stereocenters. The topological polar surface area (TPSA) is 60.0 Å². The minimum atomic E-state index is 0.228. The average Bonchev–Trinajstić information content (AvgIpc) is 3.10. The second-order valence-corrected chi connectivity index (χ2v) is 5.70. The van der Waals surface area contributed by atoms with Gasteiger partial charge in [0.1, 0.15) is 5.82 Å². The van der Waals surface area contributed by atoms with Gasteiger partial charge in [-0.3, -0.25) is 4.90 Å². The smallest absolute Gasteiger partial charge is 0.243 e. The summed E-state index contributed by atoms with van der Waals surface area (Å²) in [4.78, 5) is 11.4. The van der Waals surface area contributed by atoms with Crippen LogP contribution < -0.4 is 0 Å². The molecule has 1 atom stereocenters. The van der Waals surface area contributed by atoms with E-state index in [1.165, 1.54) is 12.8 Å². The van der Waals surface area contributed by atoms with Crippen LogP contribution in [0.5, 0.6) is 0 Å². The zero-order valence-corrected chi connectivity index (χ0v) is 12.8. The van der Waals surface area contributed by atoms with E-state index in [1.54, 1.807) is 0 Å². The van der Waals surface area contributed by atoms with Crippen molar-refractivity contribution >= 4 is 0 Å². The lowest BCUT2D eigenvalue weighted by Gasteiger charge is -2.33. The van der Waals surface area contributed by atoms with Crippen LogP contribution in [0.2, 0.25) is 0 Å². The third-order valence-electron chi connectivity index (χ3n) is 4.05. The minimum Gasteiger partial charge on any atom is -0.338 e. The average molecular weight is 289 g/mol. The van der Waals surface area contributed by atoms with Crippen LogP contribution in [0.15, 0.2) is 16.9 Å². The van der Waals surface area contributed by atoms with Gasteiger partial charge in [0, 0.05) is 18.9 Å². The lowest BCUT2D eigenvalue weighted by Crippen LogP contribution is -2.34. The number of nitrogens with zero attached hydrogens (tertiary/aromatic N) is 5. The highest BCUT2D eigenvalue weighted by molar-refractivity contribution is 4.98. The molecule has 1 fully saturated rings. The molecular formula is C15H23N5O. The van der Waals surface area contributed by atoms with Gasteiger partial charge in [-0.25, -0.2) is 4.98 Å². The lowest BCUT2D eigenvalue weighted by atomic mass is 10.0. The normalized spacial score (nSPS) is 20.0. The van der Waals surface area contributed by atoms with Crippen molar-refractivity contribution in [2.75, 3.05) is 6.54 Å². The summed E-state index contributed by atoms with van der Waals surface area (Å²) in [6, 6.07) is 0.228. The molecule has 114 valence electrons. The molecule has 0 bridgehead atoms. The van der Waals surface area contributed by atoms with Gasteiger partial charge in [0.05, 0.1) is 12.6 Å². The molecule has 6 heteroatoms. The SMILES string of the molecule is CCCn1ccnc1CN1CCCCC1c1nc(C)no1. The fourth-order valence-corrected chi connectivity index (χ4v) is 3.03. The van der Waals surface area contributed by atoms with E-state index >= 15 is 0 Å². The van der Waals surface area contributed by atoms with E-state index in [-0.39, 0.29) is 6.04 Å². The van der Waals surface area contributed by atoms with Crippen LogP contribution in [-0.2, 0) is 13.1 Å². The van der Waals surface area contributed by atoms with Crippen molar-refractivity contribution in [2.24, 2.45) is 0 Å². The first-order valence-corrected chi connectivity index (χ1v) is 7.82. The van der Waals surface area contributed by atoms with E-state index < -0.39 is 0 Å². The van der Waals surface area contributed by atoms with Crippen molar-refractivity contribution in [2.45, 2.75) is 58.7 Å². The fraction of sp³-hybridized carbons (Fsp3) is 0.667. The van der Waals surface area contributed by atoms with Crippen molar-refractivity contribution in [3.05, 3.63) is 29.9 Å². The van der Waals surface area contributed by atoms with E-state index in [0.717, 1.165) is 44.2 Å². The van der Waals surface area contributed by atoms with Gasteiger partial charge in [-0.15, -0.1) is 0 Å². The van der Waals surface area contributed by atoms with E-state index in [9.17, 15) is 0 Å². The van der Waals surface area contributed by atoms with Crippen LogP contribution in [0.1, 0.15) is 56.2 Å². The molecule has 0 radical (unpaired) electrons. The summed E-state index contributed by atoms with van der Waals surface area (Å²) in [5.74, 6) is 2.59. The molecule has 1 aliphatic heterocycles. The zero-order valence-electron chi connectivity index (χ0n) is 12.8. The molecule has 1 aliphatic rings. The monoisotopic (exact) mass is 289 g/mol. The molecule has 0 spiro atoms. The number of aromatic nitrogens is 4. The first-order valence-electron chi connectivity index (χ1n) is 7.82. The van der Waals surface area contributed by atoms with Crippen LogP contribution in [0.25, 0.3) is 0 Å². The molecule has 21 heavy (non-hydrogen) atoms. The highest BCUT2D eigenvalue weighted by Crippen LogP contribution is 2.30. The van der Waals surface area contributed by atoms with Gasteiger partial charge in [0.25, 0.3) is 0 Å². The number of imidazole rings is 1. The number of hydrogen-bond acceptors (Lipinski definition) is 5. The quantitative estimate of drug-likeness (QED) is 0.847. The summed E-state index contributed by atoms with van der Waals surface area (Å²) < 4.78 is 7.64. The van der Waals surface area contributed by atoms with Gasteiger partial charge in [-0.2, -0.15) is 4.98 Å². The molecule has 0 aromatic carbocycles. The van der Waals surface area contributed by atoms with E-state index in [1.807, 2.05) is 13.1 Å². The predicted molar refractivity (Wildman–Crippen MR) is 78.6 cm³/mol. The molecule has 3 heterocycles. The molecule has 2 aromatic heterocycles. The Kier molecular flexibility index (Phi) is 4.34. The lowest BCUT2D eigenvalue weighted by molar-refractivity contribution is 0.107. The third kappa shape index (κ3) is 3.15. The Hall–Kier alpha value is -1.69. The van der Waals surface area contributed by atoms with Gasteiger partial charge in [-0.05, 0) is 32.7 Å². The maximum atomic E-state index is 5.40. The molecule has 2 aromatic rings. The van der Waals surface area contributed by atoms with E-state index in [0.29, 0.717) is 5.82 Å². The Balaban J connectivity index is 1.76. The molecule has 0 aliphatic carbocycles. The van der Waals surface area contributed by atoms with Crippen LogP contribution >= 0.6 is 0 Å². The Morgan fingerprint density at radius 2 is 2.29 bits per heavy atom. The summed E-state index contributed by atoms with van der Waals surface area (Å²) >= 11 is 0. The second-order valence-electron chi connectivity index (χ2n) is 5.70. The summed E-state index contributed by atoms with van der Waals surface area (Å²) in [6.45, 7) is 6.99. The van der Waals surface area contributed by atoms with Crippen LogP contribution in [0.4, 0.5) is 0 Å². The molecule has 0 amide bonds. The molecular weight excluding hydrogens is 266 g/mol. The van der Waals surface area contributed by atoms with Crippen molar-refractivity contribution in [3.8, 4) is 0 Å². The summed E-state index contributed by atoms with van der Waals surface area (Å²) in [5.41, 5.74) is 0. The fourth-order valence-electron chi connectivity index (χ4n) is 3.03. The van der Waals surface area contributed by atoms with E-state index in [4.69, 9.17) is 4.52 Å². The summed E-state index contributed by atoms with van der Waals surface area (Å²) in [5, 5.41) is 3.94. The first-order chi connectivity index (χ1) is 10.3. The number of piperidine rings is 1. The van der Waals surface area contributed by atoms with Crippen LogP contribution in [-0.4, -0.2) is 31.1 Å².